The molecule has 18 heavy (non-hydrogen) atoms. The summed E-state index contributed by atoms with van der Waals surface area (Å²) in [4.78, 5) is 2.85. The fraction of sp³-hybridized carbons (Fsp3) is 1.00. The zero-order valence-electron chi connectivity index (χ0n) is 11.6. The van der Waals surface area contributed by atoms with Gasteiger partial charge in [0.1, 0.15) is 0 Å². The molecule has 0 aromatic rings. The van der Waals surface area contributed by atoms with Crippen molar-refractivity contribution in [2.75, 3.05) is 39.4 Å². The summed E-state index contributed by atoms with van der Waals surface area (Å²) in [5, 5.41) is 3.65. The van der Waals surface area contributed by atoms with Crippen LogP contribution in [0.4, 0.5) is 0 Å². The average molecular weight is 252 g/mol. The molecule has 1 N–H and O–H groups in total. The molecular formula is C15H28N2O. The SMILES string of the molecule is C1CCC2(CC1)CNCCN2CC1CCOCC1. The summed E-state index contributed by atoms with van der Waals surface area (Å²) in [6, 6.07) is 0. The normalized spacial score (nSPS) is 30.7. The van der Waals surface area contributed by atoms with Gasteiger partial charge in [-0.3, -0.25) is 4.90 Å². The van der Waals surface area contributed by atoms with Crippen molar-refractivity contribution in [1.29, 1.82) is 0 Å². The molecule has 1 saturated carbocycles. The zero-order chi connectivity index (χ0) is 12.3. The first-order valence-corrected chi connectivity index (χ1v) is 7.93. The predicted molar refractivity (Wildman–Crippen MR) is 73.8 cm³/mol. The van der Waals surface area contributed by atoms with E-state index in [-0.39, 0.29) is 0 Å². The van der Waals surface area contributed by atoms with Gasteiger partial charge in [0.05, 0.1) is 0 Å². The van der Waals surface area contributed by atoms with Crippen molar-refractivity contribution in [2.45, 2.75) is 50.5 Å². The van der Waals surface area contributed by atoms with Gasteiger partial charge in [-0.25, -0.2) is 0 Å². The van der Waals surface area contributed by atoms with E-state index in [2.05, 4.69) is 10.2 Å². The topological polar surface area (TPSA) is 24.5 Å². The number of hydrogen-bond donors (Lipinski definition) is 1. The fourth-order valence-corrected chi connectivity index (χ4v) is 4.11. The van der Waals surface area contributed by atoms with Crippen LogP contribution in [0, 0.1) is 5.92 Å². The summed E-state index contributed by atoms with van der Waals surface area (Å²) in [5.74, 6) is 0.885. The summed E-state index contributed by atoms with van der Waals surface area (Å²) in [7, 11) is 0. The molecule has 2 aliphatic heterocycles. The minimum absolute atomic E-state index is 0.509. The van der Waals surface area contributed by atoms with E-state index in [1.54, 1.807) is 0 Å². The molecule has 0 aromatic heterocycles. The van der Waals surface area contributed by atoms with E-state index in [1.807, 2.05) is 0 Å². The lowest BCUT2D eigenvalue weighted by molar-refractivity contribution is -0.00801. The maximum atomic E-state index is 5.49. The summed E-state index contributed by atoms with van der Waals surface area (Å²) in [6.07, 6.45) is 9.72. The molecule has 0 amide bonds. The molecule has 0 atom stereocenters. The highest BCUT2D eigenvalue weighted by molar-refractivity contribution is 4.98. The molecular weight excluding hydrogens is 224 g/mol. The molecule has 3 fully saturated rings. The largest absolute Gasteiger partial charge is 0.381 e. The van der Waals surface area contributed by atoms with E-state index in [1.165, 1.54) is 71.1 Å². The Labute approximate surface area is 111 Å². The second-order valence-electron chi connectivity index (χ2n) is 6.46. The van der Waals surface area contributed by atoms with Crippen LogP contribution in [0.15, 0.2) is 0 Å². The van der Waals surface area contributed by atoms with Gasteiger partial charge in [-0.1, -0.05) is 19.3 Å². The van der Waals surface area contributed by atoms with Gasteiger partial charge < -0.3 is 10.1 Å². The monoisotopic (exact) mass is 252 g/mol. The summed E-state index contributed by atoms with van der Waals surface area (Å²) >= 11 is 0. The Kier molecular flexibility index (Phi) is 4.22. The van der Waals surface area contributed by atoms with Crippen LogP contribution in [0.3, 0.4) is 0 Å². The Morgan fingerprint density at radius 2 is 1.89 bits per heavy atom. The Bertz CT molecular complexity index is 249. The van der Waals surface area contributed by atoms with Crippen molar-refractivity contribution in [3.8, 4) is 0 Å². The smallest absolute Gasteiger partial charge is 0.0469 e. The first-order valence-electron chi connectivity index (χ1n) is 7.93. The predicted octanol–water partition coefficient (Wildman–Crippen LogP) is 2.02. The van der Waals surface area contributed by atoms with Crippen molar-refractivity contribution in [2.24, 2.45) is 5.92 Å². The van der Waals surface area contributed by atoms with Gasteiger partial charge in [0, 0.05) is 44.9 Å². The van der Waals surface area contributed by atoms with Gasteiger partial charge in [-0.15, -0.1) is 0 Å². The first-order chi connectivity index (χ1) is 8.89. The molecule has 104 valence electrons. The lowest BCUT2D eigenvalue weighted by Gasteiger charge is -2.51. The molecule has 2 heterocycles. The average Bonchev–Trinajstić information content (AvgIpc) is 2.44. The van der Waals surface area contributed by atoms with Crippen molar-refractivity contribution in [3.63, 3.8) is 0 Å². The second-order valence-corrected chi connectivity index (χ2v) is 6.46. The molecule has 3 heteroatoms. The lowest BCUT2D eigenvalue weighted by Crippen LogP contribution is -2.62. The third-order valence-corrected chi connectivity index (χ3v) is 5.29. The molecule has 3 aliphatic rings. The van der Waals surface area contributed by atoms with Gasteiger partial charge in [0.15, 0.2) is 0 Å². The molecule has 0 radical (unpaired) electrons. The third-order valence-electron chi connectivity index (χ3n) is 5.29. The minimum atomic E-state index is 0.509. The van der Waals surface area contributed by atoms with Crippen molar-refractivity contribution < 1.29 is 4.74 Å². The van der Waals surface area contributed by atoms with Crippen LogP contribution in [-0.4, -0.2) is 49.8 Å². The molecule has 0 unspecified atom stereocenters. The van der Waals surface area contributed by atoms with Crippen LogP contribution in [0.2, 0.25) is 0 Å². The van der Waals surface area contributed by atoms with Crippen LogP contribution >= 0.6 is 0 Å². The maximum Gasteiger partial charge on any atom is 0.0469 e. The highest BCUT2D eigenvalue weighted by Crippen LogP contribution is 2.35. The zero-order valence-corrected chi connectivity index (χ0v) is 11.6. The molecule has 1 spiro atoms. The standard InChI is InChI=1S/C15H28N2O/c1-2-6-15(7-3-1)13-16-8-9-17(15)12-14-4-10-18-11-5-14/h14,16H,1-13H2. The van der Waals surface area contributed by atoms with Gasteiger partial charge >= 0.3 is 0 Å². The van der Waals surface area contributed by atoms with E-state index in [4.69, 9.17) is 4.74 Å². The number of piperazine rings is 1. The Hall–Kier alpha value is -0.120. The minimum Gasteiger partial charge on any atom is -0.381 e. The molecule has 0 bridgehead atoms. The lowest BCUT2D eigenvalue weighted by atomic mass is 9.78. The molecule has 2 saturated heterocycles. The van der Waals surface area contributed by atoms with Gasteiger partial charge in [0.2, 0.25) is 0 Å². The Morgan fingerprint density at radius 1 is 1.11 bits per heavy atom. The number of nitrogens with one attached hydrogen (secondary N) is 1. The van der Waals surface area contributed by atoms with Crippen molar-refractivity contribution in [3.05, 3.63) is 0 Å². The second kappa shape index (κ2) is 5.89. The first kappa shape index (κ1) is 12.9. The van der Waals surface area contributed by atoms with Crippen LogP contribution in [-0.2, 0) is 4.74 Å². The van der Waals surface area contributed by atoms with Crippen molar-refractivity contribution in [1.82, 2.24) is 10.2 Å². The van der Waals surface area contributed by atoms with Crippen LogP contribution < -0.4 is 5.32 Å². The molecule has 0 aromatic carbocycles. The Balaban J connectivity index is 1.63. The number of hydrogen-bond acceptors (Lipinski definition) is 3. The van der Waals surface area contributed by atoms with Gasteiger partial charge in [-0.05, 0) is 31.6 Å². The van der Waals surface area contributed by atoms with E-state index in [9.17, 15) is 0 Å². The summed E-state index contributed by atoms with van der Waals surface area (Å²) < 4.78 is 5.49. The summed E-state index contributed by atoms with van der Waals surface area (Å²) in [6.45, 7) is 6.98. The number of nitrogens with zero attached hydrogens (tertiary/aromatic N) is 1. The van der Waals surface area contributed by atoms with E-state index in [0.717, 1.165) is 19.1 Å². The highest BCUT2D eigenvalue weighted by atomic mass is 16.5. The van der Waals surface area contributed by atoms with Crippen LogP contribution in [0.25, 0.3) is 0 Å². The number of rotatable bonds is 2. The number of ether oxygens (including phenoxy) is 1. The third kappa shape index (κ3) is 2.73. The molecule has 3 nitrogen and oxygen atoms in total. The Morgan fingerprint density at radius 3 is 2.67 bits per heavy atom. The fourth-order valence-electron chi connectivity index (χ4n) is 4.11. The highest BCUT2D eigenvalue weighted by Gasteiger charge is 2.40. The summed E-state index contributed by atoms with van der Waals surface area (Å²) in [5.41, 5.74) is 0.509. The van der Waals surface area contributed by atoms with E-state index < -0.39 is 0 Å². The van der Waals surface area contributed by atoms with E-state index >= 15 is 0 Å². The quantitative estimate of drug-likeness (QED) is 0.814. The van der Waals surface area contributed by atoms with Crippen LogP contribution in [0.5, 0.6) is 0 Å². The van der Waals surface area contributed by atoms with Gasteiger partial charge in [0.25, 0.3) is 0 Å². The van der Waals surface area contributed by atoms with Crippen molar-refractivity contribution >= 4 is 0 Å². The molecule has 1 aliphatic carbocycles. The van der Waals surface area contributed by atoms with Crippen LogP contribution in [0.1, 0.15) is 44.9 Å². The van der Waals surface area contributed by atoms with E-state index in [0.29, 0.717) is 5.54 Å². The maximum absolute atomic E-state index is 5.49. The molecule has 3 rings (SSSR count). The van der Waals surface area contributed by atoms with Gasteiger partial charge in [-0.2, -0.15) is 0 Å².